The zero-order valence-electron chi connectivity index (χ0n) is 15.5. The van der Waals surface area contributed by atoms with Crippen molar-refractivity contribution in [2.75, 3.05) is 53.0 Å². The van der Waals surface area contributed by atoms with Gasteiger partial charge in [0.25, 0.3) is 0 Å². The summed E-state index contributed by atoms with van der Waals surface area (Å²) in [5.74, 6) is 0.966. The maximum Gasteiger partial charge on any atom is 0.224 e. The smallest absolute Gasteiger partial charge is 0.224 e. The molecule has 6 nitrogen and oxygen atoms in total. The highest BCUT2D eigenvalue weighted by atomic mass is 16.5. The summed E-state index contributed by atoms with van der Waals surface area (Å²) in [5.41, 5.74) is 2.21. The number of nitrogens with zero attached hydrogens (tertiary/aromatic N) is 2. The van der Waals surface area contributed by atoms with Crippen molar-refractivity contribution in [3.8, 4) is 5.75 Å². The number of aryl methyl sites for hydroxylation is 2. The Bertz CT molecular complexity index is 556. The Labute approximate surface area is 150 Å². The van der Waals surface area contributed by atoms with Crippen molar-refractivity contribution in [1.29, 1.82) is 0 Å². The number of carbonyl (C=O) groups is 1. The summed E-state index contributed by atoms with van der Waals surface area (Å²) in [6.07, 6.45) is -0.112. The van der Waals surface area contributed by atoms with Gasteiger partial charge in [-0.15, -0.1) is 0 Å². The summed E-state index contributed by atoms with van der Waals surface area (Å²) in [6, 6.07) is 6.06. The average Bonchev–Trinajstić information content (AvgIpc) is 2.61. The number of methoxy groups -OCH3 is 1. The van der Waals surface area contributed by atoms with E-state index in [9.17, 15) is 9.90 Å². The number of aliphatic hydroxyl groups is 1. The van der Waals surface area contributed by atoms with Gasteiger partial charge in [0.2, 0.25) is 5.91 Å². The van der Waals surface area contributed by atoms with E-state index in [-0.39, 0.29) is 12.5 Å². The van der Waals surface area contributed by atoms with Crippen molar-refractivity contribution in [3.05, 3.63) is 29.3 Å². The van der Waals surface area contributed by atoms with E-state index in [1.807, 2.05) is 36.9 Å². The molecule has 1 aromatic carbocycles. The molecule has 0 aliphatic carbocycles. The maximum absolute atomic E-state index is 12.0. The molecule has 6 heteroatoms. The second-order valence-electron chi connectivity index (χ2n) is 6.66. The highest BCUT2D eigenvalue weighted by Crippen LogP contribution is 2.19. The van der Waals surface area contributed by atoms with Gasteiger partial charge < -0.3 is 19.5 Å². The number of carbonyl (C=O) groups excluding carboxylic acids is 1. The van der Waals surface area contributed by atoms with Crippen LogP contribution in [0.1, 0.15) is 17.5 Å². The fourth-order valence-corrected chi connectivity index (χ4v) is 2.93. The summed E-state index contributed by atoms with van der Waals surface area (Å²) >= 11 is 0. The Kier molecular flexibility index (Phi) is 7.68. The van der Waals surface area contributed by atoms with Crippen LogP contribution >= 0.6 is 0 Å². The summed E-state index contributed by atoms with van der Waals surface area (Å²) in [4.78, 5) is 16.0. The number of ether oxygens (including phenoxy) is 2. The van der Waals surface area contributed by atoms with Gasteiger partial charge >= 0.3 is 0 Å². The van der Waals surface area contributed by atoms with Gasteiger partial charge in [0, 0.05) is 39.8 Å². The molecule has 1 atom stereocenters. The molecule has 1 fully saturated rings. The Morgan fingerprint density at radius 1 is 1.24 bits per heavy atom. The van der Waals surface area contributed by atoms with Crippen molar-refractivity contribution >= 4 is 5.91 Å². The van der Waals surface area contributed by atoms with Gasteiger partial charge in [0.1, 0.15) is 18.5 Å². The number of hydrogen-bond donors (Lipinski definition) is 1. The molecule has 1 N–H and O–H groups in total. The Morgan fingerprint density at radius 2 is 1.96 bits per heavy atom. The predicted molar refractivity (Wildman–Crippen MR) is 96.9 cm³/mol. The molecule has 0 saturated carbocycles. The van der Waals surface area contributed by atoms with Crippen LogP contribution in [0.25, 0.3) is 0 Å². The minimum absolute atomic E-state index is 0.139. The molecule has 1 unspecified atom stereocenters. The molecule has 25 heavy (non-hydrogen) atoms. The van der Waals surface area contributed by atoms with E-state index < -0.39 is 6.10 Å². The van der Waals surface area contributed by atoms with E-state index in [4.69, 9.17) is 9.47 Å². The van der Waals surface area contributed by atoms with E-state index in [2.05, 4.69) is 4.90 Å². The Balaban J connectivity index is 1.70. The summed E-state index contributed by atoms with van der Waals surface area (Å²) in [5, 5.41) is 10.3. The molecule has 0 radical (unpaired) electrons. The standard InChI is InChI=1S/C19H30N2O4/c1-15-4-5-16(2)18(12-15)25-14-17(22)13-20-7-9-21(10-8-20)19(23)6-11-24-3/h4-5,12,17,22H,6-11,13-14H2,1-3H3. The first kappa shape index (κ1) is 19.7. The molecule has 1 aliphatic heterocycles. The molecule has 2 rings (SSSR count). The van der Waals surface area contributed by atoms with Gasteiger partial charge in [-0.25, -0.2) is 0 Å². The van der Waals surface area contributed by atoms with Gasteiger partial charge in [-0.05, 0) is 31.0 Å². The molecule has 0 aromatic heterocycles. The molecule has 1 heterocycles. The first-order valence-electron chi connectivity index (χ1n) is 8.86. The monoisotopic (exact) mass is 350 g/mol. The zero-order valence-corrected chi connectivity index (χ0v) is 15.5. The van der Waals surface area contributed by atoms with E-state index >= 15 is 0 Å². The van der Waals surface area contributed by atoms with Crippen molar-refractivity contribution < 1.29 is 19.4 Å². The molecule has 140 valence electrons. The molecule has 1 saturated heterocycles. The van der Waals surface area contributed by atoms with Crippen LogP contribution < -0.4 is 4.74 Å². The van der Waals surface area contributed by atoms with Crippen molar-refractivity contribution in [3.63, 3.8) is 0 Å². The van der Waals surface area contributed by atoms with Gasteiger partial charge in [0.05, 0.1) is 13.0 Å². The lowest BCUT2D eigenvalue weighted by molar-refractivity contribution is -0.134. The van der Waals surface area contributed by atoms with E-state index in [1.54, 1.807) is 7.11 Å². The Hall–Kier alpha value is -1.63. The molecule has 1 aromatic rings. The van der Waals surface area contributed by atoms with Crippen LogP contribution in [-0.2, 0) is 9.53 Å². The van der Waals surface area contributed by atoms with Crippen LogP contribution in [0.3, 0.4) is 0 Å². The number of rotatable bonds is 8. The number of benzene rings is 1. The second kappa shape index (κ2) is 9.75. The first-order valence-corrected chi connectivity index (χ1v) is 8.86. The van der Waals surface area contributed by atoms with Crippen LogP contribution in [0.5, 0.6) is 5.75 Å². The van der Waals surface area contributed by atoms with Gasteiger partial charge in [-0.1, -0.05) is 12.1 Å². The largest absolute Gasteiger partial charge is 0.491 e. The second-order valence-corrected chi connectivity index (χ2v) is 6.66. The minimum atomic E-state index is -0.546. The number of amides is 1. The third-order valence-electron chi connectivity index (χ3n) is 4.49. The van der Waals surface area contributed by atoms with Crippen molar-refractivity contribution in [2.45, 2.75) is 26.4 Å². The normalized spacial score (nSPS) is 16.7. The number of aliphatic hydroxyl groups excluding tert-OH is 1. The molecule has 1 aliphatic rings. The topological polar surface area (TPSA) is 62.2 Å². The van der Waals surface area contributed by atoms with Crippen LogP contribution in [0, 0.1) is 13.8 Å². The van der Waals surface area contributed by atoms with Crippen LogP contribution in [0.2, 0.25) is 0 Å². The van der Waals surface area contributed by atoms with E-state index in [1.165, 1.54) is 0 Å². The summed E-state index contributed by atoms with van der Waals surface area (Å²) in [6.45, 7) is 8.28. The fourth-order valence-electron chi connectivity index (χ4n) is 2.93. The SMILES string of the molecule is COCCC(=O)N1CCN(CC(O)COc2cc(C)ccc2C)CC1. The number of β-amino-alcohol motifs (C(OH)–C–C–N with tert-alkyl or cyclic N) is 1. The lowest BCUT2D eigenvalue weighted by Gasteiger charge is -2.35. The van der Waals surface area contributed by atoms with Crippen molar-refractivity contribution in [1.82, 2.24) is 9.80 Å². The third kappa shape index (κ3) is 6.30. The summed E-state index contributed by atoms with van der Waals surface area (Å²) < 4.78 is 10.7. The quantitative estimate of drug-likeness (QED) is 0.764. The Morgan fingerprint density at radius 3 is 2.64 bits per heavy atom. The number of piperazine rings is 1. The molecule has 0 spiro atoms. The molecule has 0 bridgehead atoms. The third-order valence-corrected chi connectivity index (χ3v) is 4.49. The van der Waals surface area contributed by atoms with Crippen LogP contribution in [-0.4, -0.2) is 80.0 Å². The van der Waals surface area contributed by atoms with Crippen LogP contribution in [0.15, 0.2) is 18.2 Å². The molecule has 1 amide bonds. The lowest BCUT2D eigenvalue weighted by atomic mass is 10.1. The predicted octanol–water partition coefficient (Wildman–Crippen LogP) is 1.22. The fraction of sp³-hybridized carbons (Fsp3) is 0.632. The average molecular weight is 350 g/mol. The first-order chi connectivity index (χ1) is 12.0. The molecular weight excluding hydrogens is 320 g/mol. The maximum atomic E-state index is 12.0. The van der Waals surface area contributed by atoms with Crippen molar-refractivity contribution in [2.24, 2.45) is 0 Å². The van der Waals surface area contributed by atoms with E-state index in [0.29, 0.717) is 32.7 Å². The highest BCUT2D eigenvalue weighted by Gasteiger charge is 2.22. The lowest BCUT2D eigenvalue weighted by Crippen LogP contribution is -2.51. The molecular formula is C19H30N2O4. The zero-order chi connectivity index (χ0) is 18.2. The van der Waals surface area contributed by atoms with Gasteiger partial charge in [-0.3, -0.25) is 9.69 Å². The van der Waals surface area contributed by atoms with Crippen LogP contribution in [0.4, 0.5) is 0 Å². The highest BCUT2D eigenvalue weighted by molar-refractivity contribution is 5.76. The number of hydrogen-bond acceptors (Lipinski definition) is 5. The van der Waals surface area contributed by atoms with Gasteiger partial charge in [0.15, 0.2) is 0 Å². The van der Waals surface area contributed by atoms with E-state index in [0.717, 1.165) is 30.0 Å². The van der Waals surface area contributed by atoms with Gasteiger partial charge in [-0.2, -0.15) is 0 Å². The minimum Gasteiger partial charge on any atom is -0.491 e. The summed E-state index contributed by atoms with van der Waals surface area (Å²) in [7, 11) is 1.60.